The van der Waals surface area contributed by atoms with Gasteiger partial charge in [-0.25, -0.2) is 0 Å². The van der Waals surface area contributed by atoms with E-state index >= 15 is 0 Å². The summed E-state index contributed by atoms with van der Waals surface area (Å²) in [7, 11) is -3.00. The molecule has 1 aromatic rings. The first kappa shape index (κ1) is 13.8. The average Bonchev–Trinajstić information content (AvgIpc) is 3.09. The van der Waals surface area contributed by atoms with Gasteiger partial charge >= 0.3 is 7.60 Å². The van der Waals surface area contributed by atoms with Crippen molar-refractivity contribution >= 4 is 7.60 Å². The van der Waals surface area contributed by atoms with Crippen LogP contribution in [0, 0.1) is 0 Å². The van der Waals surface area contributed by atoms with E-state index in [9.17, 15) is 4.57 Å². The van der Waals surface area contributed by atoms with Crippen molar-refractivity contribution in [2.24, 2.45) is 0 Å². The van der Waals surface area contributed by atoms with Crippen LogP contribution in [0.1, 0.15) is 25.5 Å². The second-order valence-electron chi connectivity index (χ2n) is 4.13. The van der Waals surface area contributed by atoms with Crippen molar-refractivity contribution in [2.45, 2.75) is 26.1 Å². The second kappa shape index (κ2) is 5.98. The Labute approximate surface area is 108 Å². The van der Waals surface area contributed by atoms with Gasteiger partial charge in [-0.2, -0.15) is 0 Å². The molecule has 1 aliphatic rings. The van der Waals surface area contributed by atoms with E-state index < -0.39 is 7.60 Å². The number of hydrogen-bond acceptors (Lipinski definition) is 4. The average molecular weight is 270 g/mol. The highest BCUT2D eigenvalue weighted by Gasteiger charge is 2.45. The standard InChI is InChI=1S/C13H19O4P/c1-3-15-18(14,16-4-2)10-12-13(17-12)11-8-6-5-7-9-11/h5-9,12-13H,3-4,10H2,1-2H3/t12-,13-/m0/s1. The fraction of sp³-hybridized carbons (Fsp3) is 0.538. The first-order chi connectivity index (χ1) is 8.68. The first-order valence-corrected chi connectivity index (χ1v) is 8.00. The van der Waals surface area contributed by atoms with Gasteiger partial charge in [0.05, 0.1) is 19.4 Å². The van der Waals surface area contributed by atoms with Crippen molar-refractivity contribution in [3.63, 3.8) is 0 Å². The molecule has 1 saturated heterocycles. The van der Waals surface area contributed by atoms with Crippen molar-refractivity contribution in [1.82, 2.24) is 0 Å². The molecule has 0 saturated carbocycles. The van der Waals surface area contributed by atoms with Crippen LogP contribution in [0.3, 0.4) is 0 Å². The fourth-order valence-corrected chi connectivity index (χ4v) is 3.76. The predicted octanol–water partition coefficient (Wildman–Crippen LogP) is 3.39. The van der Waals surface area contributed by atoms with Gasteiger partial charge in [0, 0.05) is 0 Å². The van der Waals surface area contributed by atoms with E-state index in [1.807, 2.05) is 44.2 Å². The molecule has 0 amide bonds. The molecule has 100 valence electrons. The lowest BCUT2D eigenvalue weighted by Crippen LogP contribution is -2.05. The molecule has 2 rings (SSSR count). The molecule has 2 atom stereocenters. The third-order valence-corrected chi connectivity index (χ3v) is 4.88. The van der Waals surface area contributed by atoms with E-state index in [1.165, 1.54) is 0 Å². The Bertz CT molecular complexity index is 410. The molecule has 0 radical (unpaired) electrons. The summed E-state index contributed by atoms with van der Waals surface area (Å²) < 4.78 is 28.4. The highest BCUT2D eigenvalue weighted by atomic mass is 31.2. The number of rotatable bonds is 7. The zero-order valence-electron chi connectivity index (χ0n) is 10.7. The van der Waals surface area contributed by atoms with Crippen molar-refractivity contribution in [3.05, 3.63) is 35.9 Å². The SMILES string of the molecule is CCOP(=O)(C[C@@H]1O[C@H]1c1ccccc1)OCC. The van der Waals surface area contributed by atoms with Crippen LogP contribution in [-0.2, 0) is 18.3 Å². The van der Waals surface area contributed by atoms with Crippen LogP contribution >= 0.6 is 7.60 Å². The third kappa shape index (κ3) is 3.42. The number of hydrogen-bond donors (Lipinski definition) is 0. The van der Waals surface area contributed by atoms with Gasteiger partial charge < -0.3 is 13.8 Å². The lowest BCUT2D eigenvalue weighted by atomic mass is 10.1. The minimum Gasteiger partial charge on any atom is -0.364 e. The van der Waals surface area contributed by atoms with Crippen molar-refractivity contribution < 1.29 is 18.3 Å². The maximum absolute atomic E-state index is 12.3. The normalized spacial score (nSPS) is 23.0. The lowest BCUT2D eigenvalue weighted by Gasteiger charge is -2.15. The molecule has 1 aliphatic heterocycles. The summed E-state index contributed by atoms with van der Waals surface area (Å²) in [6, 6.07) is 9.93. The van der Waals surface area contributed by atoms with E-state index in [2.05, 4.69) is 0 Å². The van der Waals surface area contributed by atoms with Gasteiger partial charge in [-0.05, 0) is 19.4 Å². The molecular weight excluding hydrogens is 251 g/mol. The van der Waals surface area contributed by atoms with Crippen LogP contribution in [0.5, 0.6) is 0 Å². The minimum absolute atomic E-state index is 0.0282. The highest BCUT2D eigenvalue weighted by molar-refractivity contribution is 7.53. The Morgan fingerprint density at radius 1 is 1.17 bits per heavy atom. The zero-order chi connectivity index (χ0) is 13.0. The summed E-state index contributed by atoms with van der Waals surface area (Å²) in [5, 5.41) is 0. The van der Waals surface area contributed by atoms with Gasteiger partial charge in [0.2, 0.25) is 0 Å². The van der Waals surface area contributed by atoms with E-state index in [4.69, 9.17) is 13.8 Å². The van der Waals surface area contributed by atoms with Crippen molar-refractivity contribution in [2.75, 3.05) is 19.4 Å². The fourth-order valence-electron chi connectivity index (χ4n) is 1.97. The molecule has 0 unspecified atom stereocenters. The van der Waals surface area contributed by atoms with Crippen LogP contribution in [0.15, 0.2) is 30.3 Å². The zero-order valence-corrected chi connectivity index (χ0v) is 11.6. The Morgan fingerprint density at radius 2 is 1.78 bits per heavy atom. The quantitative estimate of drug-likeness (QED) is 0.563. The van der Waals surface area contributed by atoms with Gasteiger partial charge in [-0.15, -0.1) is 0 Å². The van der Waals surface area contributed by atoms with Crippen LogP contribution in [0.2, 0.25) is 0 Å². The van der Waals surface area contributed by atoms with E-state index in [-0.39, 0.29) is 12.2 Å². The minimum atomic E-state index is -3.00. The van der Waals surface area contributed by atoms with Crippen LogP contribution in [0.25, 0.3) is 0 Å². The monoisotopic (exact) mass is 270 g/mol. The Morgan fingerprint density at radius 3 is 2.33 bits per heavy atom. The summed E-state index contributed by atoms with van der Waals surface area (Å²) in [6.45, 7) is 4.40. The Hall–Kier alpha value is -0.670. The van der Waals surface area contributed by atoms with E-state index in [0.717, 1.165) is 5.56 Å². The molecular formula is C13H19O4P. The smallest absolute Gasteiger partial charge is 0.333 e. The summed E-state index contributed by atoms with van der Waals surface area (Å²) in [5.41, 5.74) is 1.11. The summed E-state index contributed by atoms with van der Waals surface area (Å²) >= 11 is 0. The predicted molar refractivity (Wildman–Crippen MR) is 69.8 cm³/mol. The number of benzene rings is 1. The van der Waals surface area contributed by atoms with Crippen molar-refractivity contribution in [1.29, 1.82) is 0 Å². The Balaban J connectivity index is 1.93. The van der Waals surface area contributed by atoms with Gasteiger partial charge in [0.15, 0.2) is 0 Å². The van der Waals surface area contributed by atoms with Crippen LogP contribution in [0.4, 0.5) is 0 Å². The first-order valence-electron chi connectivity index (χ1n) is 6.27. The largest absolute Gasteiger partial charge is 0.364 e. The van der Waals surface area contributed by atoms with Crippen LogP contribution in [-0.4, -0.2) is 25.5 Å². The summed E-state index contributed by atoms with van der Waals surface area (Å²) in [5.74, 6) is 0. The molecule has 1 heterocycles. The molecule has 1 fully saturated rings. The van der Waals surface area contributed by atoms with E-state index in [1.54, 1.807) is 0 Å². The molecule has 1 aromatic carbocycles. The third-order valence-electron chi connectivity index (χ3n) is 2.77. The maximum atomic E-state index is 12.3. The molecule has 0 bridgehead atoms. The molecule has 0 aliphatic carbocycles. The lowest BCUT2D eigenvalue weighted by molar-refractivity contribution is 0.217. The molecule has 18 heavy (non-hydrogen) atoms. The van der Waals surface area contributed by atoms with Gasteiger partial charge in [-0.1, -0.05) is 30.3 Å². The van der Waals surface area contributed by atoms with Crippen LogP contribution < -0.4 is 0 Å². The van der Waals surface area contributed by atoms with Gasteiger partial charge in [-0.3, -0.25) is 4.57 Å². The van der Waals surface area contributed by atoms with E-state index in [0.29, 0.717) is 19.4 Å². The number of epoxide rings is 1. The maximum Gasteiger partial charge on any atom is 0.333 e. The van der Waals surface area contributed by atoms with Gasteiger partial charge in [0.25, 0.3) is 0 Å². The topological polar surface area (TPSA) is 48.1 Å². The highest BCUT2D eigenvalue weighted by Crippen LogP contribution is 2.54. The molecule has 4 nitrogen and oxygen atoms in total. The summed E-state index contributed by atoms with van der Waals surface area (Å²) in [4.78, 5) is 0. The summed E-state index contributed by atoms with van der Waals surface area (Å²) in [6.07, 6.45) is 0.297. The molecule has 0 spiro atoms. The van der Waals surface area contributed by atoms with Crippen molar-refractivity contribution in [3.8, 4) is 0 Å². The molecule has 0 aromatic heterocycles. The van der Waals surface area contributed by atoms with Gasteiger partial charge in [0.1, 0.15) is 12.2 Å². The second-order valence-corrected chi connectivity index (χ2v) is 6.24. The molecule has 5 heteroatoms. The molecule has 0 N–H and O–H groups in total. The number of ether oxygens (including phenoxy) is 1. The Kier molecular flexibility index (Phi) is 4.57.